The van der Waals surface area contributed by atoms with Crippen molar-refractivity contribution in [2.45, 2.75) is 6.29 Å². The number of anilines is 1. The van der Waals surface area contributed by atoms with Crippen molar-refractivity contribution in [1.29, 1.82) is 0 Å². The minimum Gasteiger partial charge on any atom is -0.395 e. The average Bonchev–Trinajstić information content (AvgIpc) is 2.58. The van der Waals surface area contributed by atoms with E-state index < -0.39 is 6.29 Å². The molecule has 0 unspecified atom stereocenters. The normalized spacial score (nSPS) is 15.3. The lowest BCUT2D eigenvalue weighted by atomic mass is 10.3. The molecule has 2 rings (SSSR count). The van der Waals surface area contributed by atoms with Crippen LogP contribution in [0.1, 0.15) is 0 Å². The van der Waals surface area contributed by atoms with Gasteiger partial charge in [0.2, 0.25) is 5.91 Å². The van der Waals surface area contributed by atoms with Crippen molar-refractivity contribution in [2.75, 3.05) is 26.0 Å². The molecule has 1 amide bonds. The van der Waals surface area contributed by atoms with Crippen LogP contribution in [0.5, 0.6) is 11.5 Å². The number of hydrogen-bond donors (Lipinski definition) is 1. The highest BCUT2D eigenvalue weighted by Crippen LogP contribution is 2.42. The van der Waals surface area contributed by atoms with Crippen molar-refractivity contribution in [3.8, 4) is 11.5 Å². The van der Waals surface area contributed by atoms with Gasteiger partial charge >= 0.3 is 6.29 Å². The molecule has 0 aromatic heterocycles. The first-order valence-electron chi connectivity index (χ1n) is 5.21. The first-order valence-corrected chi connectivity index (χ1v) is 5.21. The van der Waals surface area contributed by atoms with Crippen LogP contribution in [0.2, 0.25) is 0 Å². The van der Waals surface area contributed by atoms with E-state index in [1.165, 1.54) is 23.1 Å². The van der Waals surface area contributed by atoms with Crippen molar-refractivity contribution in [2.24, 2.45) is 0 Å². The highest BCUT2D eigenvalue weighted by atomic mass is 19.3. The van der Waals surface area contributed by atoms with Crippen LogP contribution in [0.25, 0.3) is 0 Å². The number of fused-ring (bicyclic) bond motifs is 1. The molecule has 0 aliphatic carbocycles. The molecule has 0 bridgehead atoms. The van der Waals surface area contributed by atoms with Gasteiger partial charge in [0, 0.05) is 25.8 Å². The monoisotopic (exact) mass is 258 g/mol. The van der Waals surface area contributed by atoms with E-state index in [4.69, 9.17) is 0 Å². The maximum Gasteiger partial charge on any atom is 0.586 e. The summed E-state index contributed by atoms with van der Waals surface area (Å²) in [4.78, 5) is 12.8. The summed E-state index contributed by atoms with van der Waals surface area (Å²) in [7, 11) is 3.26. The zero-order valence-corrected chi connectivity index (χ0v) is 9.87. The Morgan fingerprint density at radius 3 is 2.67 bits per heavy atom. The molecule has 0 saturated carbocycles. The summed E-state index contributed by atoms with van der Waals surface area (Å²) in [5, 5.41) is 2.81. The molecule has 18 heavy (non-hydrogen) atoms. The van der Waals surface area contributed by atoms with Crippen LogP contribution in [0, 0.1) is 0 Å². The van der Waals surface area contributed by atoms with Gasteiger partial charge in [0.05, 0.1) is 6.54 Å². The predicted molar refractivity (Wildman–Crippen MR) is 59.8 cm³/mol. The zero-order valence-electron chi connectivity index (χ0n) is 9.87. The number of nitrogens with one attached hydrogen (secondary N) is 1. The number of ether oxygens (including phenoxy) is 2. The van der Waals surface area contributed by atoms with Gasteiger partial charge in [-0.05, 0) is 12.1 Å². The number of carbonyl (C=O) groups excluding carboxylic acids is 1. The number of likely N-dealkylation sites (N-methyl/N-ethyl adjacent to an activating group) is 1. The summed E-state index contributed by atoms with van der Waals surface area (Å²) in [5.74, 6) is -0.204. The van der Waals surface area contributed by atoms with Crippen LogP contribution < -0.4 is 14.8 Å². The van der Waals surface area contributed by atoms with Crippen LogP contribution in [0.15, 0.2) is 18.2 Å². The van der Waals surface area contributed by atoms with Crippen molar-refractivity contribution < 1.29 is 23.0 Å². The SMILES string of the molecule is CN(C)C(=O)CNc1ccc2c(c1)OC(F)(F)O2. The number of rotatable bonds is 3. The highest BCUT2D eigenvalue weighted by Gasteiger charge is 2.43. The molecule has 7 heteroatoms. The Balaban J connectivity index is 2.03. The Morgan fingerprint density at radius 2 is 2.00 bits per heavy atom. The van der Waals surface area contributed by atoms with E-state index in [-0.39, 0.29) is 24.0 Å². The van der Waals surface area contributed by atoms with E-state index in [0.717, 1.165) is 0 Å². The summed E-state index contributed by atoms with van der Waals surface area (Å²) < 4.78 is 34.1. The first-order chi connectivity index (χ1) is 8.37. The fourth-order valence-corrected chi connectivity index (χ4v) is 1.39. The molecule has 0 fully saturated rings. The van der Waals surface area contributed by atoms with Crippen LogP contribution in [0.3, 0.4) is 0 Å². The molecule has 0 saturated heterocycles. The van der Waals surface area contributed by atoms with E-state index in [2.05, 4.69) is 14.8 Å². The predicted octanol–water partition coefficient (Wildman–Crippen LogP) is 1.51. The molecular formula is C11H12F2N2O3. The van der Waals surface area contributed by atoms with E-state index >= 15 is 0 Å². The second-order valence-electron chi connectivity index (χ2n) is 3.97. The number of nitrogens with zero attached hydrogens (tertiary/aromatic N) is 1. The number of hydrogen-bond acceptors (Lipinski definition) is 4. The number of halogens is 2. The largest absolute Gasteiger partial charge is 0.586 e. The Labute approximate surface area is 102 Å². The minimum absolute atomic E-state index is 0.0236. The standard InChI is InChI=1S/C11H12F2N2O3/c1-15(2)10(16)6-14-7-3-4-8-9(5-7)18-11(12,13)17-8/h3-5,14H,6H2,1-2H3. The van der Waals surface area contributed by atoms with Crippen molar-refractivity contribution in [3.05, 3.63) is 18.2 Å². The number of amides is 1. The number of carbonyl (C=O) groups is 1. The molecule has 5 nitrogen and oxygen atoms in total. The lowest BCUT2D eigenvalue weighted by molar-refractivity contribution is -0.286. The topological polar surface area (TPSA) is 50.8 Å². The van der Waals surface area contributed by atoms with E-state index in [0.29, 0.717) is 5.69 Å². The van der Waals surface area contributed by atoms with Crippen LogP contribution in [0.4, 0.5) is 14.5 Å². The van der Waals surface area contributed by atoms with Gasteiger partial charge in [0.25, 0.3) is 0 Å². The summed E-state index contributed by atoms with van der Waals surface area (Å²) in [6.07, 6.45) is -3.62. The van der Waals surface area contributed by atoms with Crippen LogP contribution >= 0.6 is 0 Å². The molecule has 98 valence electrons. The van der Waals surface area contributed by atoms with E-state index in [9.17, 15) is 13.6 Å². The number of benzene rings is 1. The van der Waals surface area contributed by atoms with Crippen molar-refractivity contribution >= 4 is 11.6 Å². The van der Waals surface area contributed by atoms with E-state index in [1.807, 2.05) is 0 Å². The molecule has 0 radical (unpaired) electrons. The molecule has 0 spiro atoms. The molecule has 0 atom stereocenters. The molecule has 1 heterocycles. The Morgan fingerprint density at radius 1 is 1.33 bits per heavy atom. The van der Waals surface area contributed by atoms with Crippen LogP contribution in [-0.4, -0.2) is 37.7 Å². The quantitative estimate of drug-likeness (QED) is 0.892. The average molecular weight is 258 g/mol. The van der Waals surface area contributed by atoms with Crippen molar-refractivity contribution in [1.82, 2.24) is 4.90 Å². The van der Waals surface area contributed by atoms with Crippen LogP contribution in [-0.2, 0) is 4.79 Å². The van der Waals surface area contributed by atoms with Gasteiger partial charge in [0.15, 0.2) is 11.5 Å². The Hall–Kier alpha value is -2.05. The Kier molecular flexibility index (Phi) is 2.98. The van der Waals surface area contributed by atoms with Gasteiger partial charge in [0.1, 0.15) is 0 Å². The molecule has 1 aliphatic heterocycles. The summed E-state index contributed by atoms with van der Waals surface area (Å²) in [6, 6.07) is 4.25. The second-order valence-corrected chi connectivity index (χ2v) is 3.97. The third-order valence-corrected chi connectivity index (χ3v) is 2.34. The molecular weight excluding hydrogens is 246 g/mol. The Bertz CT molecular complexity index is 477. The third-order valence-electron chi connectivity index (χ3n) is 2.34. The van der Waals surface area contributed by atoms with Gasteiger partial charge in [-0.2, -0.15) is 0 Å². The van der Waals surface area contributed by atoms with Gasteiger partial charge in [-0.3, -0.25) is 4.79 Å². The second kappa shape index (κ2) is 4.32. The minimum atomic E-state index is -3.62. The van der Waals surface area contributed by atoms with Gasteiger partial charge in [-0.1, -0.05) is 0 Å². The third kappa shape index (κ3) is 2.61. The zero-order chi connectivity index (χ0) is 13.3. The van der Waals surface area contributed by atoms with Gasteiger partial charge in [-0.15, -0.1) is 8.78 Å². The molecule has 1 aliphatic rings. The molecule has 1 N–H and O–H groups in total. The lowest BCUT2D eigenvalue weighted by Crippen LogP contribution is -2.28. The number of alkyl halides is 2. The van der Waals surface area contributed by atoms with Crippen molar-refractivity contribution in [3.63, 3.8) is 0 Å². The van der Waals surface area contributed by atoms with E-state index in [1.54, 1.807) is 14.1 Å². The molecule has 1 aromatic rings. The maximum absolute atomic E-state index is 12.8. The molecule has 1 aromatic carbocycles. The fraction of sp³-hybridized carbons (Fsp3) is 0.364. The first kappa shape index (κ1) is 12.4. The van der Waals surface area contributed by atoms with Gasteiger partial charge in [-0.25, -0.2) is 0 Å². The summed E-state index contributed by atoms with van der Waals surface area (Å²) in [5.41, 5.74) is 0.505. The summed E-state index contributed by atoms with van der Waals surface area (Å²) >= 11 is 0. The smallest absolute Gasteiger partial charge is 0.395 e. The van der Waals surface area contributed by atoms with Gasteiger partial charge < -0.3 is 19.7 Å². The highest BCUT2D eigenvalue weighted by molar-refractivity contribution is 5.80. The lowest BCUT2D eigenvalue weighted by Gasteiger charge is -2.11. The fourth-order valence-electron chi connectivity index (χ4n) is 1.39. The maximum atomic E-state index is 12.8. The summed E-state index contributed by atoms with van der Waals surface area (Å²) in [6.45, 7) is 0.0725.